The lowest BCUT2D eigenvalue weighted by molar-refractivity contribution is -0.386. The number of pyridine rings is 1. The largest absolute Gasteiger partial charge is 0.396 e. The molecule has 19 heavy (non-hydrogen) atoms. The third-order valence-electron chi connectivity index (χ3n) is 3.08. The summed E-state index contributed by atoms with van der Waals surface area (Å²) < 4.78 is 0. The van der Waals surface area contributed by atoms with Gasteiger partial charge in [-0.1, -0.05) is 13.8 Å². The predicted octanol–water partition coefficient (Wildman–Crippen LogP) is 1.71. The molecule has 0 aliphatic carbocycles. The summed E-state index contributed by atoms with van der Waals surface area (Å²) in [6.45, 7) is 8.44. The van der Waals surface area contributed by atoms with Gasteiger partial charge < -0.3 is 10.4 Å². The first kappa shape index (κ1) is 15.5. The molecular weight excluding hydrogens is 246 g/mol. The Labute approximate surface area is 113 Å². The van der Waals surface area contributed by atoms with Crippen molar-refractivity contribution in [2.75, 3.05) is 13.2 Å². The molecule has 0 bridgehead atoms. The smallest absolute Gasteiger partial charge is 0.278 e. The number of nitrogens with one attached hydrogen (secondary N) is 1. The third kappa shape index (κ3) is 3.97. The molecular formula is C13H21N3O3. The topological polar surface area (TPSA) is 88.3 Å². The van der Waals surface area contributed by atoms with Gasteiger partial charge in [0.05, 0.1) is 10.6 Å². The lowest BCUT2D eigenvalue weighted by atomic mass is 9.95. The van der Waals surface area contributed by atoms with Crippen LogP contribution in [-0.4, -0.2) is 28.2 Å². The van der Waals surface area contributed by atoms with Crippen LogP contribution in [0.25, 0.3) is 0 Å². The normalized spacial score (nSPS) is 11.6. The molecule has 106 valence electrons. The van der Waals surface area contributed by atoms with Gasteiger partial charge in [0.1, 0.15) is 0 Å². The molecule has 1 heterocycles. The van der Waals surface area contributed by atoms with Crippen molar-refractivity contribution >= 4 is 5.69 Å². The molecule has 0 unspecified atom stereocenters. The van der Waals surface area contributed by atoms with Crippen LogP contribution in [0.3, 0.4) is 0 Å². The number of aromatic nitrogens is 1. The van der Waals surface area contributed by atoms with Crippen molar-refractivity contribution in [1.29, 1.82) is 0 Å². The molecule has 0 saturated carbocycles. The van der Waals surface area contributed by atoms with Gasteiger partial charge in [0.15, 0.2) is 0 Å². The zero-order chi connectivity index (χ0) is 14.6. The van der Waals surface area contributed by atoms with E-state index in [1.807, 2.05) is 13.8 Å². The number of aryl methyl sites for hydroxylation is 1. The minimum absolute atomic E-state index is 0.0838. The SMILES string of the molecule is Cc1cnc(CNCC(C)(C)CO)c(C)c1[N+](=O)[O-]. The Balaban J connectivity index is 2.81. The van der Waals surface area contributed by atoms with Crippen molar-refractivity contribution in [1.82, 2.24) is 10.3 Å². The molecule has 0 saturated heterocycles. The summed E-state index contributed by atoms with van der Waals surface area (Å²) in [6, 6.07) is 0. The average Bonchev–Trinajstić information content (AvgIpc) is 2.31. The van der Waals surface area contributed by atoms with Crippen molar-refractivity contribution < 1.29 is 10.0 Å². The van der Waals surface area contributed by atoms with Gasteiger partial charge >= 0.3 is 0 Å². The van der Waals surface area contributed by atoms with Gasteiger partial charge in [-0.15, -0.1) is 0 Å². The van der Waals surface area contributed by atoms with Crippen LogP contribution in [0.1, 0.15) is 30.7 Å². The Morgan fingerprint density at radius 2 is 2.11 bits per heavy atom. The maximum atomic E-state index is 11.0. The Bertz CT molecular complexity index is 472. The highest BCUT2D eigenvalue weighted by molar-refractivity contribution is 5.47. The highest BCUT2D eigenvalue weighted by Crippen LogP contribution is 2.24. The van der Waals surface area contributed by atoms with E-state index >= 15 is 0 Å². The number of hydrogen-bond acceptors (Lipinski definition) is 5. The van der Waals surface area contributed by atoms with E-state index in [-0.39, 0.29) is 22.6 Å². The van der Waals surface area contributed by atoms with E-state index in [0.29, 0.717) is 29.9 Å². The van der Waals surface area contributed by atoms with Crippen LogP contribution in [0, 0.1) is 29.4 Å². The third-order valence-corrected chi connectivity index (χ3v) is 3.08. The summed E-state index contributed by atoms with van der Waals surface area (Å²) in [7, 11) is 0. The predicted molar refractivity (Wildman–Crippen MR) is 72.9 cm³/mol. The fraction of sp³-hybridized carbons (Fsp3) is 0.615. The van der Waals surface area contributed by atoms with Crippen LogP contribution >= 0.6 is 0 Å². The molecule has 0 radical (unpaired) electrons. The van der Waals surface area contributed by atoms with E-state index in [2.05, 4.69) is 10.3 Å². The van der Waals surface area contributed by atoms with Crippen molar-refractivity contribution in [3.8, 4) is 0 Å². The van der Waals surface area contributed by atoms with Crippen LogP contribution in [0.2, 0.25) is 0 Å². The quantitative estimate of drug-likeness (QED) is 0.605. The van der Waals surface area contributed by atoms with Crippen molar-refractivity contribution in [3.05, 3.63) is 33.1 Å². The molecule has 6 heteroatoms. The Kier molecular flexibility index (Phi) is 4.97. The highest BCUT2D eigenvalue weighted by Gasteiger charge is 2.20. The Morgan fingerprint density at radius 3 is 2.63 bits per heavy atom. The Hall–Kier alpha value is -1.53. The van der Waals surface area contributed by atoms with Gasteiger partial charge in [-0.25, -0.2) is 0 Å². The first-order valence-corrected chi connectivity index (χ1v) is 6.19. The second kappa shape index (κ2) is 6.08. The van der Waals surface area contributed by atoms with Gasteiger partial charge in [-0.05, 0) is 13.8 Å². The molecule has 6 nitrogen and oxygen atoms in total. The second-order valence-corrected chi connectivity index (χ2v) is 5.54. The lowest BCUT2D eigenvalue weighted by Gasteiger charge is -2.22. The zero-order valence-electron chi connectivity index (χ0n) is 11.9. The number of nitrogens with zero attached hydrogens (tertiary/aromatic N) is 2. The average molecular weight is 267 g/mol. The van der Waals surface area contributed by atoms with E-state index in [4.69, 9.17) is 5.11 Å². The van der Waals surface area contributed by atoms with Crippen LogP contribution in [0.15, 0.2) is 6.20 Å². The van der Waals surface area contributed by atoms with E-state index in [1.165, 1.54) is 6.20 Å². The minimum atomic E-state index is -0.368. The van der Waals surface area contributed by atoms with Crippen LogP contribution in [0.4, 0.5) is 5.69 Å². The van der Waals surface area contributed by atoms with Crippen LogP contribution in [-0.2, 0) is 6.54 Å². The molecule has 0 aliphatic rings. The van der Waals surface area contributed by atoms with Crippen LogP contribution < -0.4 is 5.32 Å². The molecule has 0 fully saturated rings. The minimum Gasteiger partial charge on any atom is -0.396 e. The summed E-state index contributed by atoms with van der Waals surface area (Å²) >= 11 is 0. The maximum absolute atomic E-state index is 11.0. The monoisotopic (exact) mass is 267 g/mol. The van der Waals surface area contributed by atoms with Gasteiger partial charge in [-0.3, -0.25) is 15.1 Å². The van der Waals surface area contributed by atoms with Crippen LogP contribution in [0.5, 0.6) is 0 Å². The van der Waals surface area contributed by atoms with Gasteiger partial charge in [0.25, 0.3) is 5.69 Å². The zero-order valence-corrected chi connectivity index (χ0v) is 11.9. The number of hydrogen-bond donors (Lipinski definition) is 2. The lowest BCUT2D eigenvalue weighted by Crippen LogP contribution is -2.32. The van der Waals surface area contributed by atoms with Gasteiger partial charge in [0.2, 0.25) is 0 Å². The van der Waals surface area contributed by atoms with Crippen molar-refractivity contribution in [2.24, 2.45) is 5.41 Å². The second-order valence-electron chi connectivity index (χ2n) is 5.54. The molecule has 1 rings (SSSR count). The first-order chi connectivity index (χ1) is 8.78. The summed E-state index contributed by atoms with van der Waals surface area (Å²) in [5, 5.41) is 23.3. The molecule has 0 aromatic carbocycles. The van der Waals surface area contributed by atoms with E-state index in [0.717, 1.165) is 0 Å². The number of aliphatic hydroxyl groups excluding tert-OH is 1. The van der Waals surface area contributed by atoms with Crippen molar-refractivity contribution in [2.45, 2.75) is 34.2 Å². The fourth-order valence-corrected chi connectivity index (χ4v) is 1.80. The standard InChI is InChI=1S/C13H21N3O3/c1-9-5-15-11(10(2)12(9)16(18)19)6-14-7-13(3,4)8-17/h5,14,17H,6-8H2,1-4H3. The molecule has 1 aromatic heterocycles. The Morgan fingerprint density at radius 1 is 1.47 bits per heavy atom. The van der Waals surface area contributed by atoms with Crippen molar-refractivity contribution in [3.63, 3.8) is 0 Å². The molecule has 0 spiro atoms. The fourth-order valence-electron chi connectivity index (χ4n) is 1.80. The summed E-state index contributed by atoms with van der Waals surface area (Å²) in [5.41, 5.74) is 1.75. The molecule has 0 amide bonds. The summed E-state index contributed by atoms with van der Waals surface area (Å²) in [6.07, 6.45) is 1.53. The first-order valence-electron chi connectivity index (χ1n) is 6.19. The van der Waals surface area contributed by atoms with E-state index < -0.39 is 0 Å². The van der Waals surface area contributed by atoms with E-state index in [9.17, 15) is 10.1 Å². The molecule has 0 aliphatic heterocycles. The molecule has 1 aromatic rings. The molecule has 2 N–H and O–H groups in total. The maximum Gasteiger partial charge on any atom is 0.278 e. The van der Waals surface area contributed by atoms with Gasteiger partial charge in [-0.2, -0.15) is 0 Å². The summed E-state index contributed by atoms with van der Waals surface area (Å²) in [5.74, 6) is 0. The molecule has 0 atom stereocenters. The van der Waals surface area contributed by atoms with E-state index in [1.54, 1.807) is 13.8 Å². The summed E-state index contributed by atoms with van der Waals surface area (Å²) in [4.78, 5) is 14.9. The highest BCUT2D eigenvalue weighted by atomic mass is 16.6. The number of rotatable bonds is 6. The van der Waals surface area contributed by atoms with Gasteiger partial charge in [0, 0.05) is 42.4 Å². The number of aliphatic hydroxyl groups is 1. The number of nitro groups is 1.